The van der Waals surface area contributed by atoms with Gasteiger partial charge in [0.05, 0.1) is 18.2 Å². The van der Waals surface area contributed by atoms with E-state index in [0.717, 1.165) is 15.2 Å². The first-order valence-corrected chi connectivity index (χ1v) is 5.87. The summed E-state index contributed by atoms with van der Waals surface area (Å²) in [5.74, 6) is -1.82. The Balaban J connectivity index is 2.81. The molecule has 0 bridgehead atoms. The van der Waals surface area contributed by atoms with Crippen LogP contribution in [0.25, 0.3) is 10.8 Å². The van der Waals surface area contributed by atoms with Crippen molar-refractivity contribution < 1.29 is 19.4 Å². The van der Waals surface area contributed by atoms with Gasteiger partial charge in [0, 0.05) is 4.47 Å². The van der Waals surface area contributed by atoms with Crippen molar-refractivity contribution >= 4 is 38.6 Å². The molecule has 2 aromatic rings. The van der Waals surface area contributed by atoms with Crippen LogP contribution < -0.4 is 0 Å². The highest BCUT2D eigenvalue weighted by Crippen LogP contribution is 2.27. The van der Waals surface area contributed by atoms with E-state index in [0.29, 0.717) is 0 Å². The third-order valence-electron chi connectivity index (χ3n) is 2.60. The van der Waals surface area contributed by atoms with E-state index in [1.165, 1.54) is 19.2 Å². The maximum atomic E-state index is 11.6. The van der Waals surface area contributed by atoms with Gasteiger partial charge in [-0.1, -0.05) is 28.1 Å². The number of carboxylic acids is 1. The van der Waals surface area contributed by atoms with Gasteiger partial charge in [-0.05, 0) is 29.0 Å². The zero-order valence-corrected chi connectivity index (χ0v) is 11.0. The number of ether oxygens (including phenoxy) is 1. The maximum Gasteiger partial charge on any atom is 0.338 e. The van der Waals surface area contributed by atoms with Crippen LogP contribution in [-0.2, 0) is 4.74 Å². The number of carboxylic acid groups (broad SMARTS) is 1. The molecule has 5 heteroatoms. The van der Waals surface area contributed by atoms with Crippen molar-refractivity contribution in [2.75, 3.05) is 7.11 Å². The highest BCUT2D eigenvalue weighted by molar-refractivity contribution is 9.10. The second-order valence-electron chi connectivity index (χ2n) is 3.66. The Morgan fingerprint density at radius 3 is 2.56 bits per heavy atom. The fourth-order valence-electron chi connectivity index (χ4n) is 1.74. The summed E-state index contributed by atoms with van der Waals surface area (Å²) in [5.41, 5.74) is -0.0168. The van der Waals surface area contributed by atoms with E-state index in [-0.39, 0.29) is 11.1 Å². The molecule has 0 radical (unpaired) electrons. The SMILES string of the molecule is COC(=O)c1cc2c(Br)cccc2cc1C(=O)O. The first-order chi connectivity index (χ1) is 8.54. The number of methoxy groups -OCH3 is 1. The summed E-state index contributed by atoms with van der Waals surface area (Å²) < 4.78 is 5.39. The molecule has 0 aliphatic rings. The third-order valence-corrected chi connectivity index (χ3v) is 3.29. The smallest absolute Gasteiger partial charge is 0.338 e. The molecule has 92 valence electrons. The molecule has 0 unspecified atom stereocenters. The van der Waals surface area contributed by atoms with Crippen LogP contribution in [0, 0.1) is 0 Å². The van der Waals surface area contributed by atoms with Crippen LogP contribution in [-0.4, -0.2) is 24.2 Å². The Labute approximate surface area is 111 Å². The molecule has 0 amide bonds. The average molecular weight is 309 g/mol. The van der Waals surface area contributed by atoms with E-state index in [2.05, 4.69) is 20.7 Å². The summed E-state index contributed by atoms with van der Waals surface area (Å²) in [6.07, 6.45) is 0. The lowest BCUT2D eigenvalue weighted by atomic mass is 10.0. The van der Waals surface area contributed by atoms with Crippen molar-refractivity contribution in [3.8, 4) is 0 Å². The molecule has 2 rings (SSSR count). The van der Waals surface area contributed by atoms with Crippen molar-refractivity contribution in [1.82, 2.24) is 0 Å². The van der Waals surface area contributed by atoms with Crippen LogP contribution in [0.15, 0.2) is 34.8 Å². The Hall–Kier alpha value is -1.88. The quantitative estimate of drug-likeness (QED) is 0.866. The van der Waals surface area contributed by atoms with Gasteiger partial charge in [-0.15, -0.1) is 0 Å². The summed E-state index contributed by atoms with van der Waals surface area (Å²) in [5, 5.41) is 10.6. The number of aromatic carboxylic acids is 1. The Kier molecular flexibility index (Phi) is 3.34. The molecule has 1 N–H and O–H groups in total. The van der Waals surface area contributed by atoms with Crippen LogP contribution >= 0.6 is 15.9 Å². The number of hydrogen-bond donors (Lipinski definition) is 1. The second-order valence-corrected chi connectivity index (χ2v) is 4.51. The van der Waals surface area contributed by atoms with E-state index in [1.807, 2.05) is 6.07 Å². The predicted molar refractivity (Wildman–Crippen MR) is 69.9 cm³/mol. The number of carbonyl (C=O) groups is 2. The average Bonchev–Trinajstić information content (AvgIpc) is 2.37. The van der Waals surface area contributed by atoms with Gasteiger partial charge in [-0.3, -0.25) is 0 Å². The van der Waals surface area contributed by atoms with E-state index < -0.39 is 11.9 Å². The zero-order valence-electron chi connectivity index (χ0n) is 9.44. The Morgan fingerprint density at radius 1 is 1.22 bits per heavy atom. The highest BCUT2D eigenvalue weighted by atomic mass is 79.9. The molecular weight excluding hydrogens is 300 g/mol. The number of rotatable bonds is 2. The number of halogens is 1. The zero-order chi connectivity index (χ0) is 13.3. The summed E-state index contributed by atoms with van der Waals surface area (Å²) in [7, 11) is 1.22. The van der Waals surface area contributed by atoms with Gasteiger partial charge < -0.3 is 9.84 Å². The summed E-state index contributed by atoms with van der Waals surface area (Å²) in [6.45, 7) is 0. The molecule has 0 saturated heterocycles. The molecule has 0 fully saturated rings. The molecule has 0 spiro atoms. The van der Waals surface area contributed by atoms with Crippen LogP contribution in [0.1, 0.15) is 20.7 Å². The minimum absolute atomic E-state index is 0.0457. The fourth-order valence-corrected chi connectivity index (χ4v) is 2.24. The van der Waals surface area contributed by atoms with Gasteiger partial charge in [-0.2, -0.15) is 0 Å². The molecule has 4 nitrogen and oxygen atoms in total. The van der Waals surface area contributed by atoms with Crippen LogP contribution in [0.5, 0.6) is 0 Å². The minimum Gasteiger partial charge on any atom is -0.478 e. The second kappa shape index (κ2) is 4.78. The first kappa shape index (κ1) is 12.6. The van der Waals surface area contributed by atoms with Gasteiger partial charge >= 0.3 is 11.9 Å². The highest BCUT2D eigenvalue weighted by Gasteiger charge is 2.18. The molecule has 18 heavy (non-hydrogen) atoms. The molecule has 2 aromatic carbocycles. The van der Waals surface area contributed by atoms with E-state index in [9.17, 15) is 9.59 Å². The number of fused-ring (bicyclic) bond motifs is 1. The standard InChI is InChI=1S/C13H9BrO4/c1-18-13(17)10-6-8-7(3-2-4-11(8)14)5-9(10)12(15)16/h2-6H,1H3,(H,15,16). The first-order valence-electron chi connectivity index (χ1n) is 5.08. The molecule has 0 saturated carbocycles. The number of carbonyl (C=O) groups excluding carboxylic acids is 1. The van der Waals surface area contributed by atoms with Gasteiger partial charge in [0.15, 0.2) is 0 Å². The van der Waals surface area contributed by atoms with E-state index >= 15 is 0 Å². The van der Waals surface area contributed by atoms with Gasteiger partial charge in [0.1, 0.15) is 0 Å². The summed E-state index contributed by atoms with van der Waals surface area (Å²) >= 11 is 3.36. The van der Waals surface area contributed by atoms with Gasteiger partial charge in [0.2, 0.25) is 0 Å². The van der Waals surface area contributed by atoms with Crippen LogP contribution in [0.2, 0.25) is 0 Å². The van der Waals surface area contributed by atoms with Gasteiger partial charge in [-0.25, -0.2) is 9.59 Å². The molecule has 0 heterocycles. The van der Waals surface area contributed by atoms with Crippen LogP contribution in [0.4, 0.5) is 0 Å². The Morgan fingerprint density at radius 2 is 1.94 bits per heavy atom. The van der Waals surface area contributed by atoms with E-state index in [4.69, 9.17) is 5.11 Å². The number of esters is 1. The molecule has 0 aromatic heterocycles. The lowest BCUT2D eigenvalue weighted by molar-refractivity contribution is 0.0583. The van der Waals surface area contributed by atoms with Gasteiger partial charge in [0.25, 0.3) is 0 Å². The van der Waals surface area contributed by atoms with Crippen molar-refractivity contribution in [2.45, 2.75) is 0 Å². The lowest BCUT2D eigenvalue weighted by Crippen LogP contribution is -2.10. The third kappa shape index (κ3) is 2.09. The van der Waals surface area contributed by atoms with Crippen molar-refractivity contribution in [1.29, 1.82) is 0 Å². The van der Waals surface area contributed by atoms with E-state index in [1.54, 1.807) is 12.1 Å². The molecule has 0 aliphatic heterocycles. The lowest BCUT2D eigenvalue weighted by Gasteiger charge is -2.07. The largest absolute Gasteiger partial charge is 0.478 e. The monoisotopic (exact) mass is 308 g/mol. The summed E-state index contributed by atoms with van der Waals surface area (Å²) in [6, 6.07) is 8.40. The van der Waals surface area contributed by atoms with Crippen LogP contribution in [0.3, 0.4) is 0 Å². The fraction of sp³-hybridized carbons (Fsp3) is 0.0769. The van der Waals surface area contributed by atoms with Crippen molar-refractivity contribution in [3.63, 3.8) is 0 Å². The molecular formula is C13H9BrO4. The van der Waals surface area contributed by atoms with Crippen molar-refractivity contribution in [3.05, 3.63) is 45.9 Å². The Bertz CT molecular complexity index is 649. The van der Waals surface area contributed by atoms with Crippen molar-refractivity contribution in [2.24, 2.45) is 0 Å². The number of benzene rings is 2. The molecule has 0 atom stereocenters. The number of hydrogen-bond acceptors (Lipinski definition) is 3. The maximum absolute atomic E-state index is 11.6. The normalized spacial score (nSPS) is 10.3. The summed E-state index contributed by atoms with van der Waals surface area (Å²) in [4.78, 5) is 22.7. The predicted octanol–water partition coefficient (Wildman–Crippen LogP) is 3.09. The molecule has 0 aliphatic carbocycles. The topological polar surface area (TPSA) is 63.6 Å². The minimum atomic E-state index is -1.16.